The Labute approximate surface area is 198 Å². The van der Waals surface area contributed by atoms with Gasteiger partial charge in [-0.1, -0.05) is 41.6 Å². The van der Waals surface area contributed by atoms with Gasteiger partial charge in [-0.2, -0.15) is 0 Å². The molecular formula is C23H17ClFN5O2S. The number of hydrogen-bond donors (Lipinski definition) is 2. The van der Waals surface area contributed by atoms with Gasteiger partial charge in [0.05, 0.1) is 22.7 Å². The molecule has 0 aliphatic rings. The van der Waals surface area contributed by atoms with E-state index in [1.54, 1.807) is 47.3 Å². The largest absolute Gasteiger partial charge is 0.325 e. The van der Waals surface area contributed by atoms with E-state index in [-0.39, 0.29) is 17.2 Å². The Morgan fingerprint density at radius 3 is 2.58 bits per heavy atom. The van der Waals surface area contributed by atoms with Crippen molar-refractivity contribution in [2.24, 2.45) is 0 Å². The number of para-hydroxylation sites is 1. The van der Waals surface area contributed by atoms with E-state index in [1.165, 1.54) is 36.0 Å². The number of anilines is 2. The van der Waals surface area contributed by atoms with Crippen LogP contribution >= 0.6 is 23.4 Å². The maximum absolute atomic E-state index is 13.1. The summed E-state index contributed by atoms with van der Waals surface area (Å²) in [5.74, 6) is -1.09. The number of hydrogen-bond acceptors (Lipinski definition) is 5. The van der Waals surface area contributed by atoms with E-state index in [1.807, 2.05) is 12.1 Å². The minimum Gasteiger partial charge on any atom is -0.325 e. The van der Waals surface area contributed by atoms with Crippen molar-refractivity contribution in [3.05, 3.63) is 95.5 Å². The van der Waals surface area contributed by atoms with Gasteiger partial charge in [0.2, 0.25) is 5.91 Å². The van der Waals surface area contributed by atoms with Crippen LogP contribution in [-0.2, 0) is 4.79 Å². The van der Waals surface area contributed by atoms with Gasteiger partial charge in [-0.15, -0.1) is 10.2 Å². The van der Waals surface area contributed by atoms with Gasteiger partial charge < -0.3 is 10.6 Å². The fourth-order valence-electron chi connectivity index (χ4n) is 2.96. The van der Waals surface area contributed by atoms with Gasteiger partial charge in [0.1, 0.15) is 12.1 Å². The fraction of sp³-hybridized carbons (Fsp3) is 0.0435. The lowest BCUT2D eigenvalue weighted by Gasteiger charge is -2.12. The van der Waals surface area contributed by atoms with Crippen molar-refractivity contribution in [3.63, 3.8) is 0 Å². The van der Waals surface area contributed by atoms with E-state index >= 15 is 0 Å². The molecule has 0 unspecified atom stereocenters. The second-order valence-electron chi connectivity index (χ2n) is 6.81. The molecule has 7 nitrogen and oxygen atoms in total. The van der Waals surface area contributed by atoms with E-state index in [0.29, 0.717) is 21.6 Å². The van der Waals surface area contributed by atoms with Crippen LogP contribution in [0.2, 0.25) is 5.02 Å². The Morgan fingerprint density at radius 2 is 1.79 bits per heavy atom. The number of nitrogens with one attached hydrogen (secondary N) is 2. The summed E-state index contributed by atoms with van der Waals surface area (Å²) in [6.45, 7) is 0. The average Bonchev–Trinajstić information content (AvgIpc) is 3.28. The average molecular weight is 482 g/mol. The third kappa shape index (κ3) is 5.76. The van der Waals surface area contributed by atoms with Crippen LogP contribution < -0.4 is 10.6 Å². The summed E-state index contributed by atoms with van der Waals surface area (Å²) in [4.78, 5) is 25.3. The molecule has 0 aliphatic heterocycles. The highest BCUT2D eigenvalue weighted by Crippen LogP contribution is 2.23. The lowest BCUT2D eigenvalue weighted by molar-refractivity contribution is -0.113. The molecular weight excluding hydrogens is 465 g/mol. The molecule has 1 aromatic heterocycles. The quantitative estimate of drug-likeness (QED) is 0.361. The predicted molar refractivity (Wildman–Crippen MR) is 127 cm³/mol. The van der Waals surface area contributed by atoms with Crippen LogP contribution in [0.25, 0.3) is 5.69 Å². The highest BCUT2D eigenvalue weighted by Gasteiger charge is 2.15. The minimum atomic E-state index is -0.425. The van der Waals surface area contributed by atoms with Crippen LogP contribution in [0.4, 0.5) is 15.8 Å². The van der Waals surface area contributed by atoms with Gasteiger partial charge in [-0.05, 0) is 54.6 Å². The molecule has 10 heteroatoms. The summed E-state index contributed by atoms with van der Waals surface area (Å²) in [6.07, 6.45) is 1.54. The first kappa shape index (κ1) is 22.5. The van der Waals surface area contributed by atoms with Crippen LogP contribution in [0, 0.1) is 5.82 Å². The third-order valence-electron chi connectivity index (χ3n) is 4.48. The summed E-state index contributed by atoms with van der Waals surface area (Å²) in [7, 11) is 0. The van der Waals surface area contributed by atoms with Crippen molar-refractivity contribution in [1.29, 1.82) is 0 Å². The normalized spacial score (nSPS) is 10.6. The van der Waals surface area contributed by atoms with Crippen LogP contribution in [0.1, 0.15) is 10.4 Å². The Bertz CT molecular complexity index is 1300. The molecule has 1 heterocycles. The molecule has 4 rings (SSSR count). The van der Waals surface area contributed by atoms with Crippen molar-refractivity contribution >= 4 is 46.6 Å². The van der Waals surface area contributed by atoms with E-state index < -0.39 is 11.7 Å². The van der Waals surface area contributed by atoms with Crippen molar-refractivity contribution in [3.8, 4) is 5.69 Å². The van der Waals surface area contributed by atoms with Gasteiger partial charge >= 0.3 is 0 Å². The standard InChI is InChI=1S/C23H17ClFN5O2S/c24-15-4-3-5-18(12-15)30-14-26-29-23(30)33-13-21(31)28-20-7-2-1-6-19(20)22(32)27-17-10-8-16(25)9-11-17/h1-12,14H,13H2,(H,27,32)(H,28,31). The number of rotatable bonds is 7. The van der Waals surface area contributed by atoms with E-state index in [2.05, 4.69) is 20.8 Å². The first-order valence-corrected chi connectivity index (χ1v) is 11.1. The zero-order valence-corrected chi connectivity index (χ0v) is 18.6. The second kappa shape index (κ2) is 10.3. The van der Waals surface area contributed by atoms with Crippen molar-refractivity contribution in [2.45, 2.75) is 5.16 Å². The van der Waals surface area contributed by atoms with Gasteiger partial charge in [0.25, 0.3) is 5.91 Å². The van der Waals surface area contributed by atoms with Crippen LogP contribution in [0.5, 0.6) is 0 Å². The summed E-state index contributed by atoms with van der Waals surface area (Å²) >= 11 is 7.25. The molecule has 0 aliphatic carbocycles. The van der Waals surface area contributed by atoms with Crippen LogP contribution in [0.15, 0.2) is 84.3 Å². The number of thioether (sulfide) groups is 1. The zero-order valence-electron chi connectivity index (χ0n) is 17.0. The molecule has 4 aromatic rings. The number of carbonyl (C=O) groups is 2. The molecule has 0 spiro atoms. The van der Waals surface area contributed by atoms with Crippen LogP contribution in [0.3, 0.4) is 0 Å². The second-order valence-corrected chi connectivity index (χ2v) is 8.19. The molecule has 0 saturated heterocycles. The predicted octanol–water partition coefficient (Wildman–Crippen LogP) is 5.04. The van der Waals surface area contributed by atoms with E-state index in [4.69, 9.17) is 11.6 Å². The first-order chi connectivity index (χ1) is 16.0. The topological polar surface area (TPSA) is 88.9 Å². The van der Waals surface area contributed by atoms with Crippen molar-refractivity contribution < 1.29 is 14.0 Å². The molecule has 166 valence electrons. The van der Waals surface area contributed by atoms with Crippen molar-refractivity contribution in [1.82, 2.24) is 14.8 Å². The van der Waals surface area contributed by atoms with Crippen LogP contribution in [-0.4, -0.2) is 32.3 Å². The lowest BCUT2D eigenvalue weighted by atomic mass is 10.1. The maximum Gasteiger partial charge on any atom is 0.257 e. The molecule has 0 bridgehead atoms. The summed E-state index contributed by atoms with van der Waals surface area (Å²) < 4.78 is 14.8. The van der Waals surface area contributed by atoms with Gasteiger partial charge in [-0.25, -0.2) is 4.39 Å². The van der Waals surface area contributed by atoms with Crippen molar-refractivity contribution in [2.75, 3.05) is 16.4 Å². The summed E-state index contributed by atoms with van der Waals surface area (Å²) in [5.41, 5.74) is 1.86. The Hall–Kier alpha value is -3.69. The van der Waals surface area contributed by atoms with E-state index in [9.17, 15) is 14.0 Å². The number of nitrogens with zero attached hydrogens (tertiary/aromatic N) is 3. The molecule has 2 amide bonds. The number of carbonyl (C=O) groups excluding carboxylic acids is 2. The molecule has 0 atom stereocenters. The molecule has 0 fully saturated rings. The number of amides is 2. The molecule has 3 aromatic carbocycles. The molecule has 33 heavy (non-hydrogen) atoms. The fourth-order valence-corrected chi connectivity index (χ4v) is 3.88. The summed E-state index contributed by atoms with van der Waals surface area (Å²) in [6, 6.07) is 19.3. The van der Waals surface area contributed by atoms with Gasteiger partial charge in [0, 0.05) is 10.7 Å². The monoisotopic (exact) mass is 481 g/mol. The number of halogens is 2. The highest BCUT2D eigenvalue weighted by atomic mass is 35.5. The summed E-state index contributed by atoms with van der Waals surface area (Å²) in [5, 5.41) is 14.5. The first-order valence-electron chi connectivity index (χ1n) is 9.74. The highest BCUT2D eigenvalue weighted by molar-refractivity contribution is 7.99. The molecule has 0 radical (unpaired) electrons. The lowest BCUT2D eigenvalue weighted by Crippen LogP contribution is -2.19. The zero-order chi connectivity index (χ0) is 23.2. The number of aromatic nitrogens is 3. The SMILES string of the molecule is O=C(CSc1nncn1-c1cccc(Cl)c1)Nc1ccccc1C(=O)Nc1ccc(F)cc1. The Kier molecular flexibility index (Phi) is 7.01. The molecule has 2 N–H and O–H groups in total. The van der Waals surface area contributed by atoms with Gasteiger partial charge in [0.15, 0.2) is 5.16 Å². The van der Waals surface area contributed by atoms with Gasteiger partial charge in [-0.3, -0.25) is 14.2 Å². The Balaban J connectivity index is 1.41. The number of benzene rings is 3. The smallest absolute Gasteiger partial charge is 0.257 e. The third-order valence-corrected chi connectivity index (χ3v) is 5.66. The minimum absolute atomic E-state index is 0.0488. The maximum atomic E-state index is 13.1. The Morgan fingerprint density at radius 1 is 1.00 bits per heavy atom. The molecule has 0 saturated carbocycles. The van der Waals surface area contributed by atoms with E-state index in [0.717, 1.165) is 5.69 Å².